The second-order valence-corrected chi connectivity index (χ2v) is 2.60. The van der Waals surface area contributed by atoms with Crippen molar-refractivity contribution in [2.24, 2.45) is 5.73 Å². The lowest BCUT2D eigenvalue weighted by Crippen LogP contribution is -1.97. The molecular weight excluding hydrogens is 154 g/mol. The molecule has 0 aliphatic heterocycles. The van der Waals surface area contributed by atoms with E-state index >= 15 is 0 Å². The average Bonchev–Trinajstić information content (AvgIpc) is 2.06. The lowest BCUT2D eigenvalue weighted by atomic mass is 10.1. The number of aliphatic hydroxyl groups is 2. The quantitative estimate of drug-likeness (QED) is 0.528. The van der Waals surface area contributed by atoms with Gasteiger partial charge in [0, 0.05) is 13.2 Å². The lowest BCUT2D eigenvalue weighted by Gasteiger charge is -1.95. The van der Waals surface area contributed by atoms with Gasteiger partial charge in [0.05, 0.1) is 0 Å². The van der Waals surface area contributed by atoms with Crippen LogP contribution < -0.4 is 5.73 Å². The Balaban J connectivity index is 0. The van der Waals surface area contributed by atoms with Crippen molar-refractivity contribution in [1.82, 2.24) is 0 Å². The Hall–Kier alpha value is -0.120. The number of aliphatic hydroxyl groups excluding tert-OH is 2. The molecule has 0 aromatic heterocycles. The molecule has 0 aromatic carbocycles. The van der Waals surface area contributed by atoms with Gasteiger partial charge in [-0.25, -0.2) is 0 Å². The molecule has 0 saturated carbocycles. The molecule has 0 aliphatic carbocycles. The molecule has 12 heavy (non-hydrogen) atoms. The monoisotopic (exact) mass is 177 g/mol. The second-order valence-electron chi connectivity index (χ2n) is 2.60. The van der Waals surface area contributed by atoms with E-state index in [2.05, 4.69) is 0 Å². The van der Waals surface area contributed by atoms with Crippen LogP contribution in [0.25, 0.3) is 0 Å². The maximum atomic E-state index is 8.40. The molecule has 4 N–H and O–H groups in total. The van der Waals surface area contributed by atoms with Gasteiger partial charge in [-0.3, -0.25) is 0 Å². The zero-order valence-corrected chi connectivity index (χ0v) is 8.13. The summed E-state index contributed by atoms with van der Waals surface area (Å²) in [5.74, 6) is 0. The SMILES string of the molecule is CCO.NCCCCCCCO. The highest BCUT2D eigenvalue weighted by molar-refractivity contribution is 4.43. The molecule has 0 aliphatic rings. The first-order valence-electron chi connectivity index (χ1n) is 4.75. The highest BCUT2D eigenvalue weighted by atomic mass is 16.3. The Labute approximate surface area is 75.6 Å². The van der Waals surface area contributed by atoms with Crippen molar-refractivity contribution in [1.29, 1.82) is 0 Å². The van der Waals surface area contributed by atoms with Gasteiger partial charge in [-0.1, -0.05) is 19.3 Å². The normalized spacial score (nSPS) is 9.00. The van der Waals surface area contributed by atoms with Crippen molar-refractivity contribution in [3.05, 3.63) is 0 Å². The van der Waals surface area contributed by atoms with Gasteiger partial charge in [-0.05, 0) is 26.3 Å². The van der Waals surface area contributed by atoms with Gasteiger partial charge in [-0.15, -0.1) is 0 Å². The van der Waals surface area contributed by atoms with Crippen LogP contribution in [0, 0.1) is 0 Å². The van der Waals surface area contributed by atoms with Gasteiger partial charge in [0.1, 0.15) is 0 Å². The number of unbranched alkanes of at least 4 members (excludes halogenated alkanes) is 4. The summed E-state index contributed by atoms with van der Waals surface area (Å²) in [7, 11) is 0. The van der Waals surface area contributed by atoms with Crippen LogP contribution in [0.2, 0.25) is 0 Å². The van der Waals surface area contributed by atoms with Crippen LogP contribution in [0.4, 0.5) is 0 Å². The second kappa shape index (κ2) is 17.1. The van der Waals surface area contributed by atoms with E-state index in [1.165, 1.54) is 12.8 Å². The van der Waals surface area contributed by atoms with Crippen LogP contribution >= 0.6 is 0 Å². The number of nitrogens with two attached hydrogens (primary N) is 1. The molecule has 0 atom stereocenters. The molecule has 0 heterocycles. The average molecular weight is 177 g/mol. The first-order chi connectivity index (χ1) is 5.83. The summed E-state index contributed by atoms with van der Waals surface area (Å²) in [4.78, 5) is 0. The molecule has 3 heteroatoms. The third-order valence-corrected chi connectivity index (χ3v) is 1.36. The third-order valence-electron chi connectivity index (χ3n) is 1.36. The van der Waals surface area contributed by atoms with Crippen LogP contribution in [0.5, 0.6) is 0 Å². The largest absolute Gasteiger partial charge is 0.397 e. The van der Waals surface area contributed by atoms with Crippen LogP contribution in [0.1, 0.15) is 39.0 Å². The third kappa shape index (κ3) is 22.5. The van der Waals surface area contributed by atoms with Gasteiger partial charge in [0.25, 0.3) is 0 Å². The molecule has 0 saturated heterocycles. The topological polar surface area (TPSA) is 66.5 Å². The van der Waals surface area contributed by atoms with Crippen LogP contribution in [0.3, 0.4) is 0 Å². The molecule has 0 aromatic rings. The Bertz CT molecular complexity index is 54.5. The van der Waals surface area contributed by atoms with E-state index in [1.54, 1.807) is 6.92 Å². The molecular formula is C9H23NO2. The summed E-state index contributed by atoms with van der Waals surface area (Å²) in [6, 6.07) is 0. The first kappa shape index (κ1) is 14.4. The van der Waals surface area contributed by atoms with E-state index in [9.17, 15) is 0 Å². The molecule has 0 fully saturated rings. The zero-order valence-electron chi connectivity index (χ0n) is 8.13. The minimum atomic E-state index is 0.250. The predicted octanol–water partition coefficient (Wildman–Crippen LogP) is 0.886. The Morgan fingerprint density at radius 2 is 1.33 bits per heavy atom. The van der Waals surface area contributed by atoms with E-state index in [0.717, 1.165) is 25.8 Å². The van der Waals surface area contributed by atoms with Crippen molar-refractivity contribution in [2.75, 3.05) is 19.8 Å². The number of hydrogen-bond acceptors (Lipinski definition) is 3. The van der Waals surface area contributed by atoms with Gasteiger partial charge >= 0.3 is 0 Å². The molecule has 76 valence electrons. The molecule has 0 rings (SSSR count). The van der Waals surface area contributed by atoms with E-state index in [-0.39, 0.29) is 6.61 Å². The Morgan fingerprint density at radius 1 is 0.917 bits per heavy atom. The van der Waals surface area contributed by atoms with Crippen molar-refractivity contribution in [2.45, 2.75) is 39.0 Å². The minimum absolute atomic E-state index is 0.250. The smallest absolute Gasteiger partial charge is 0.0431 e. The van der Waals surface area contributed by atoms with Gasteiger partial charge in [0.2, 0.25) is 0 Å². The molecule has 0 spiro atoms. The maximum Gasteiger partial charge on any atom is 0.0431 e. The highest BCUT2D eigenvalue weighted by Crippen LogP contribution is 2.00. The van der Waals surface area contributed by atoms with Crippen molar-refractivity contribution < 1.29 is 10.2 Å². The Kier molecular flexibility index (Phi) is 20.5. The fraction of sp³-hybridized carbons (Fsp3) is 1.00. The number of rotatable bonds is 6. The summed E-state index contributed by atoms with van der Waals surface area (Å²) < 4.78 is 0. The number of hydrogen-bond donors (Lipinski definition) is 3. The zero-order chi connectivity index (χ0) is 9.66. The first-order valence-corrected chi connectivity index (χ1v) is 4.75. The van der Waals surface area contributed by atoms with E-state index in [1.807, 2.05) is 0 Å². The summed E-state index contributed by atoms with van der Waals surface area (Å²) in [5.41, 5.74) is 5.29. The molecule has 0 unspecified atom stereocenters. The summed E-state index contributed by atoms with van der Waals surface area (Å²) in [6.45, 7) is 3.07. The van der Waals surface area contributed by atoms with Crippen LogP contribution in [-0.2, 0) is 0 Å². The van der Waals surface area contributed by atoms with Gasteiger partial charge in [-0.2, -0.15) is 0 Å². The fourth-order valence-corrected chi connectivity index (χ4v) is 0.786. The molecule has 3 nitrogen and oxygen atoms in total. The maximum absolute atomic E-state index is 8.40. The van der Waals surface area contributed by atoms with Crippen molar-refractivity contribution in [3.63, 3.8) is 0 Å². The van der Waals surface area contributed by atoms with Crippen molar-refractivity contribution in [3.8, 4) is 0 Å². The van der Waals surface area contributed by atoms with E-state index in [4.69, 9.17) is 15.9 Å². The Morgan fingerprint density at radius 3 is 1.75 bits per heavy atom. The van der Waals surface area contributed by atoms with Gasteiger partial charge in [0.15, 0.2) is 0 Å². The molecule has 0 radical (unpaired) electrons. The molecule has 0 amide bonds. The summed E-state index contributed by atoms with van der Waals surface area (Å²) in [5, 5.41) is 16.0. The minimum Gasteiger partial charge on any atom is -0.397 e. The summed E-state index contributed by atoms with van der Waals surface area (Å²) >= 11 is 0. The van der Waals surface area contributed by atoms with Gasteiger partial charge < -0.3 is 15.9 Å². The standard InChI is InChI=1S/C7H17NO.C2H6O/c8-6-4-2-1-3-5-7-9;1-2-3/h9H,1-8H2;3H,2H2,1H3. The predicted molar refractivity (Wildman–Crippen MR) is 52.0 cm³/mol. The van der Waals surface area contributed by atoms with E-state index in [0.29, 0.717) is 6.61 Å². The highest BCUT2D eigenvalue weighted by Gasteiger charge is 1.86. The van der Waals surface area contributed by atoms with E-state index < -0.39 is 0 Å². The van der Waals surface area contributed by atoms with Crippen LogP contribution in [0.15, 0.2) is 0 Å². The lowest BCUT2D eigenvalue weighted by molar-refractivity contribution is 0.282. The summed E-state index contributed by atoms with van der Waals surface area (Å²) in [6.07, 6.45) is 5.67. The van der Waals surface area contributed by atoms with Crippen molar-refractivity contribution >= 4 is 0 Å². The molecule has 0 bridgehead atoms. The van der Waals surface area contributed by atoms with Crippen LogP contribution in [-0.4, -0.2) is 30.0 Å². The fourth-order valence-electron chi connectivity index (χ4n) is 0.786.